The number of aryl methyl sites for hydroxylation is 1. The van der Waals surface area contributed by atoms with Gasteiger partial charge in [-0.05, 0) is 48.9 Å². The molecule has 5 heteroatoms. The van der Waals surface area contributed by atoms with Gasteiger partial charge in [0.05, 0.1) is 10.0 Å². The molecule has 0 spiro atoms. The van der Waals surface area contributed by atoms with Gasteiger partial charge in [0.1, 0.15) is 0 Å². The Bertz CT molecular complexity index is 813. The van der Waals surface area contributed by atoms with Crippen molar-refractivity contribution in [1.82, 2.24) is 4.90 Å². The average molecular weight is 376 g/mol. The van der Waals surface area contributed by atoms with Gasteiger partial charge in [0.15, 0.2) is 5.75 Å². The van der Waals surface area contributed by atoms with Gasteiger partial charge in [-0.15, -0.1) is 0 Å². The van der Waals surface area contributed by atoms with Gasteiger partial charge in [0.2, 0.25) is 0 Å². The Hall–Kier alpha value is -1.71. The van der Waals surface area contributed by atoms with Crippen molar-refractivity contribution < 1.29 is 9.90 Å². The standard InChI is InChI=1S/C20H19Cl2NO2/c21-16-10-13(11-17(22)19(16)24)20(25)23-9-3-6-15-14-5-2-1-4-12(14)7-8-18(15)23/h1-2,4-5,10-11,15,18,24H,3,6-9H2/t15-,18+/m1/s1. The molecule has 1 N–H and O–H groups in total. The smallest absolute Gasteiger partial charge is 0.254 e. The van der Waals surface area contributed by atoms with Gasteiger partial charge in [0, 0.05) is 24.1 Å². The highest BCUT2D eigenvalue weighted by atomic mass is 35.5. The maximum atomic E-state index is 13.1. The number of likely N-dealkylation sites (tertiary alicyclic amines) is 1. The molecule has 0 saturated carbocycles. The molecule has 4 rings (SSSR count). The Morgan fingerprint density at radius 3 is 2.60 bits per heavy atom. The number of hydrogen-bond donors (Lipinski definition) is 1. The second-order valence-electron chi connectivity index (χ2n) is 6.84. The third-order valence-electron chi connectivity index (χ3n) is 5.47. The maximum Gasteiger partial charge on any atom is 0.254 e. The first-order valence-electron chi connectivity index (χ1n) is 8.63. The number of phenolic OH excluding ortho intramolecular Hbond substituents is 1. The highest BCUT2D eigenvalue weighted by Gasteiger charge is 2.38. The summed E-state index contributed by atoms with van der Waals surface area (Å²) < 4.78 is 0. The number of nitrogens with zero attached hydrogens (tertiary/aromatic N) is 1. The monoisotopic (exact) mass is 375 g/mol. The quantitative estimate of drug-likeness (QED) is 0.758. The van der Waals surface area contributed by atoms with Crippen molar-refractivity contribution in [3.8, 4) is 5.75 Å². The van der Waals surface area contributed by atoms with E-state index in [4.69, 9.17) is 23.2 Å². The lowest BCUT2D eigenvalue weighted by molar-refractivity contribution is 0.0547. The number of fused-ring (bicyclic) bond motifs is 3. The van der Waals surface area contributed by atoms with Crippen molar-refractivity contribution in [2.24, 2.45) is 0 Å². The van der Waals surface area contributed by atoms with Crippen LogP contribution in [0.25, 0.3) is 0 Å². The number of hydrogen-bond acceptors (Lipinski definition) is 2. The van der Waals surface area contributed by atoms with E-state index in [9.17, 15) is 9.90 Å². The molecule has 2 aromatic carbocycles. The van der Waals surface area contributed by atoms with Crippen LogP contribution in [0, 0.1) is 0 Å². The zero-order chi connectivity index (χ0) is 17.6. The molecule has 0 unspecified atom stereocenters. The molecule has 130 valence electrons. The van der Waals surface area contributed by atoms with Gasteiger partial charge in [-0.2, -0.15) is 0 Å². The van der Waals surface area contributed by atoms with E-state index in [1.807, 2.05) is 4.90 Å². The van der Waals surface area contributed by atoms with Crippen molar-refractivity contribution in [3.63, 3.8) is 0 Å². The molecule has 2 aliphatic rings. The predicted molar refractivity (Wildman–Crippen MR) is 99.7 cm³/mol. The van der Waals surface area contributed by atoms with E-state index in [0.717, 1.165) is 32.2 Å². The molecule has 2 atom stereocenters. The van der Waals surface area contributed by atoms with Gasteiger partial charge in [-0.25, -0.2) is 0 Å². The van der Waals surface area contributed by atoms with E-state index in [1.165, 1.54) is 23.3 Å². The van der Waals surface area contributed by atoms with Crippen LogP contribution in [0.15, 0.2) is 36.4 Å². The van der Waals surface area contributed by atoms with E-state index in [1.54, 1.807) is 0 Å². The second kappa shape index (κ2) is 6.54. The zero-order valence-electron chi connectivity index (χ0n) is 13.7. The number of rotatable bonds is 1. The minimum atomic E-state index is -0.178. The van der Waals surface area contributed by atoms with E-state index in [2.05, 4.69) is 24.3 Å². The van der Waals surface area contributed by atoms with Crippen molar-refractivity contribution >= 4 is 29.1 Å². The molecule has 1 fully saturated rings. The molecule has 1 amide bonds. The molecule has 1 saturated heterocycles. The van der Waals surface area contributed by atoms with Gasteiger partial charge in [-0.3, -0.25) is 4.79 Å². The first-order chi connectivity index (χ1) is 12.1. The third-order valence-corrected chi connectivity index (χ3v) is 6.04. The fraction of sp³-hybridized carbons (Fsp3) is 0.350. The largest absolute Gasteiger partial charge is 0.505 e. The SMILES string of the molecule is O=C(c1cc(Cl)c(O)c(Cl)c1)N1CCC[C@@H]2c3ccccc3CC[C@@H]21. The van der Waals surface area contributed by atoms with Crippen LogP contribution in [0.5, 0.6) is 5.75 Å². The summed E-state index contributed by atoms with van der Waals surface area (Å²) in [6, 6.07) is 11.8. The van der Waals surface area contributed by atoms with Crippen LogP contribution in [0.2, 0.25) is 10.0 Å². The van der Waals surface area contributed by atoms with Crippen LogP contribution in [0.1, 0.15) is 46.7 Å². The molecule has 3 nitrogen and oxygen atoms in total. The second-order valence-corrected chi connectivity index (χ2v) is 7.66. The van der Waals surface area contributed by atoms with Crippen LogP contribution in [-0.4, -0.2) is 28.5 Å². The molecule has 0 bridgehead atoms. The molecule has 2 aromatic rings. The number of benzene rings is 2. The molecule has 0 radical (unpaired) electrons. The molecule has 1 heterocycles. The Balaban J connectivity index is 1.66. The summed E-state index contributed by atoms with van der Waals surface area (Å²) in [6.07, 6.45) is 4.08. The van der Waals surface area contributed by atoms with Crippen molar-refractivity contribution in [1.29, 1.82) is 0 Å². The summed E-state index contributed by atoms with van der Waals surface area (Å²) in [6.45, 7) is 0.748. The summed E-state index contributed by atoms with van der Waals surface area (Å²) in [7, 11) is 0. The topological polar surface area (TPSA) is 40.5 Å². The fourth-order valence-electron chi connectivity index (χ4n) is 4.31. The van der Waals surface area contributed by atoms with Crippen molar-refractivity contribution in [3.05, 3.63) is 63.1 Å². The summed E-state index contributed by atoms with van der Waals surface area (Å²) in [5.41, 5.74) is 3.24. The van der Waals surface area contributed by atoms with Gasteiger partial charge in [-0.1, -0.05) is 47.5 Å². The number of halogens is 2. The molecular formula is C20H19Cl2NO2. The molecule has 1 aliphatic carbocycles. The molecular weight excluding hydrogens is 357 g/mol. The lowest BCUT2D eigenvalue weighted by atomic mass is 9.74. The average Bonchev–Trinajstić information content (AvgIpc) is 2.64. The minimum absolute atomic E-state index is 0.0575. The Labute approximate surface area is 157 Å². The summed E-state index contributed by atoms with van der Waals surface area (Å²) >= 11 is 12.0. The van der Waals surface area contributed by atoms with Crippen LogP contribution in [-0.2, 0) is 6.42 Å². The molecule has 1 aliphatic heterocycles. The number of aromatic hydroxyl groups is 1. The third kappa shape index (κ3) is 2.90. The van der Waals surface area contributed by atoms with E-state index >= 15 is 0 Å². The van der Waals surface area contributed by atoms with Gasteiger partial charge >= 0.3 is 0 Å². The van der Waals surface area contributed by atoms with Crippen molar-refractivity contribution in [2.45, 2.75) is 37.6 Å². The van der Waals surface area contributed by atoms with E-state index in [0.29, 0.717) is 11.5 Å². The number of carbonyl (C=O) groups excluding carboxylic acids is 1. The van der Waals surface area contributed by atoms with Crippen LogP contribution in [0.4, 0.5) is 0 Å². The number of piperidine rings is 1. The first kappa shape index (κ1) is 16.7. The molecule has 0 aromatic heterocycles. The van der Waals surface area contributed by atoms with Gasteiger partial charge in [0.25, 0.3) is 5.91 Å². The van der Waals surface area contributed by atoms with E-state index in [-0.39, 0.29) is 27.7 Å². The minimum Gasteiger partial charge on any atom is -0.505 e. The van der Waals surface area contributed by atoms with E-state index < -0.39 is 0 Å². The fourth-order valence-corrected chi connectivity index (χ4v) is 4.80. The van der Waals surface area contributed by atoms with Crippen LogP contribution >= 0.6 is 23.2 Å². The Morgan fingerprint density at radius 2 is 1.84 bits per heavy atom. The summed E-state index contributed by atoms with van der Waals surface area (Å²) in [5, 5.41) is 9.95. The Kier molecular flexibility index (Phi) is 4.38. The number of phenols is 1. The maximum absolute atomic E-state index is 13.1. The number of carbonyl (C=O) groups is 1. The van der Waals surface area contributed by atoms with Gasteiger partial charge < -0.3 is 10.0 Å². The predicted octanol–water partition coefficient (Wildman–Crippen LogP) is 5.03. The zero-order valence-corrected chi connectivity index (χ0v) is 15.2. The first-order valence-corrected chi connectivity index (χ1v) is 9.38. The lowest BCUT2D eigenvalue weighted by Crippen LogP contribution is -2.49. The van der Waals surface area contributed by atoms with Crippen LogP contribution in [0.3, 0.4) is 0 Å². The van der Waals surface area contributed by atoms with Crippen LogP contribution < -0.4 is 0 Å². The summed E-state index contributed by atoms with van der Waals surface area (Å²) in [5.74, 6) is 0.159. The highest BCUT2D eigenvalue weighted by Crippen LogP contribution is 2.41. The highest BCUT2D eigenvalue weighted by molar-refractivity contribution is 6.37. The normalized spacial score (nSPS) is 22.2. The number of amides is 1. The molecule has 25 heavy (non-hydrogen) atoms. The van der Waals surface area contributed by atoms with Crippen molar-refractivity contribution in [2.75, 3.05) is 6.54 Å². The summed E-state index contributed by atoms with van der Waals surface area (Å²) in [4.78, 5) is 15.1. The lowest BCUT2D eigenvalue weighted by Gasteiger charge is -2.45. The Morgan fingerprint density at radius 1 is 1.12 bits per heavy atom.